The Labute approximate surface area is 150 Å². The first-order valence-corrected chi connectivity index (χ1v) is 7.87. The highest BCUT2D eigenvalue weighted by molar-refractivity contribution is 5.68. The van der Waals surface area contributed by atoms with Gasteiger partial charge in [0.25, 0.3) is 0 Å². The van der Waals surface area contributed by atoms with Gasteiger partial charge in [-0.15, -0.1) is 0 Å². The number of benzene rings is 2. The van der Waals surface area contributed by atoms with Gasteiger partial charge in [0.2, 0.25) is 0 Å². The van der Waals surface area contributed by atoms with Crippen molar-refractivity contribution >= 4 is 5.69 Å². The second kappa shape index (κ2) is 7.26. The summed E-state index contributed by atoms with van der Waals surface area (Å²) in [7, 11) is 4.66. The van der Waals surface area contributed by atoms with Crippen molar-refractivity contribution in [3.63, 3.8) is 0 Å². The first-order valence-electron chi connectivity index (χ1n) is 7.87. The number of phenols is 1. The Balaban J connectivity index is 1.99. The van der Waals surface area contributed by atoms with Crippen molar-refractivity contribution < 1.29 is 23.7 Å². The van der Waals surface area contributed by atoms with Crippen molar-refractivity contribution in [1.29, 1.82) is 0 Å². The molecule has 2 aromatic carbocycles. The Hall–Kier alpha value is -3.35. The van der Waals surface area contributed by atoms with Gasteiger partial charge < -0.3 is 29.5 Å². The van der Waals surface area contributed by atoms with Crippen LogP contribution in [0.15, 0.2) is 41.1 Å². The average Bonchev–Trinajstić information content (AvgIpc) is 3.13. The molecule has 0 unspecified atom stereocenters. The van der Waals surface area contributed by atoms with E-state index in [0.717, 1.165) is 5.56 Å². The number of hydrogen-bond donors (Lipinski definition) is 2. The molecule has 26 heavy (non-hydrogen) atoms. The topological polar surface area (TPSA) is 100.0 Å². The summed E-state index contributed by atoms with van der Waals surface area (Å²) >= 11 is 0. The normalized spacial score (nSPS) is 10.6. The van der Waals surface area contributed by atoms with Gasteiger partial charge in [0.1, 0.15) is 40.1 Å². The Kier molecular flexibility index (Phi) is 4.88. The maximum atomic E-state index is 10.3. The van der Waals surface area contributed by atoms with Crippen molar-refractivity contribution in [3.8, 4) is 34.3 Å². The lowest BCUT2D eigenvalue weighted by Gasteiger charge is -2.11. The van der Waals surface area contributed by atoms with Crippen LogP contribution in [0.2, 0.25) is 0 Å². The van der Waals surface area contributed by atoms with Crippen LogP contribution in [-0.2, 0) is 6.42 Å². The molecule has 136 valence electrons. The van der Waals surface area contributed by atoms with Gasteiger partial charge in [0.05, 0.1) is 21.3 Å². The van der Waals surface area contributed by atoms with Crippen LogP contribution in [0.4, 0.5) is 5.69 Å². The Morgan fingerprint density at radius 1 is 1.04 bits per heavy atom. The van der Waals surface area contributed by atoms with Gasteiger partial charge in [-0.1, -0.05) is 6.07 Å². The van der Waals surface area contributed by atoms with Crippen molar-refractivity contribution in [2.45, 2.75) is 6.42 Å². The number of methoxy groups -OCH3 is 3. The highest BCUT2D eigenvalue weighted by Crippen LogP contribution is 2.37. The monoisotopic (exact) mass is 356 g/mol. The fourth-order valence-corrected chi connectivity index (χ4v) is 2.70. The molecule has 0 aliphatic heterocycles. The van der Waals surface area contributed by atoms with Crippen LogP contribution in [0, 0.1) is 0 Å². The SMILES string of the molecule is COc1cc(OC)cc(-c2ncoc2Cc2ccc(OC)c(N)c2O)c1. The third-order valence-corrected chi connectivity index (χ3v) is 4.10. The van der Waals surface area contributed by atoms with Gasteiger partial charge in [0, 0.05) is 23.6 Å². The molecule has 1 heterocycles. The number of nitrogens with two attached hydrogens (primary N) is 1. The van der Waals surface area contributed by atoms with E-state index in [0.29, 0.717) is 40.7 Å². The van der Waals surface area contributed by atoms with E-state index in [2.05, 4.69) is 4.98 Å². The molecule has 7 heteroatoms. The van der Waals surface area contributed by atoms with Crippen molar-refractivity contribution in [2.75, 3.05) is 27.1 Å². The number of hydrogen-bond acceptors (Lipinski definition) is 7. The molecule has 3 N–H and O–H groups in total. The standard InChI is InChI=1S/C19H20N2O5/c1-23-13-6-12(7-14(9-13)24-2)18-16(26-10-21-18)8-11-4-5-15(25-3)17(20)19(11)22/h4-7,9-10,22H,8,20H2,1-3H3. The lowest BCUT2D eigenvalue weighted by molar-refractivity contribution is 0.394. The Bertz CT molecular complexity index is 898. The summed E-state index contributed by atoms with van der Waals surface area (Å²) in [4.78, 5) is 4.30. The quantitative estimate of drug-likeness (QED) is 0.516. The minimum absolute atomic E-state index is 0.0325. The minimum Gasteiger partial charge on any atom is -0.505 e. The van der Waals surface area contributed by atoms with Gasteiger partial charge in [-0.05, 0) is 18.2 Å². The summed E-state index contributed by atoms with van der Waals surface area (Å²) in [5, 5.41) is 10.3. The van der Waals surface area contributed by atoms with E-state index in [9.17, 15) is 5.11 Å². The van der Waals surface area contributed by atoms with Crippen LogP contribution in [-0.4, -0.2) is 31.4 Å². The molecule has 0 bridgehead atoms. The second-order valence-electron chi connectivity index (χ2n) is 5.59. The maximum Gasteiger partial charge on any atom is 0.181 e. The van der Waals surface area contributed by atoms with Crippen LogP contribution in [0.5, 0.6) is 23.0 Å². The van der Waals surface area contributed by atoms with Crippen molar-refractivity contribution in [1.82, 2.24) is 4.98 Å². The molecule has 0 fully saturated rings. The molecule has 7 nitrogen and oxygen atoms in total. The fraction of sp³-hybridized carbons (Fsp3) is 0.211. The number of anilines is 1. The summed E-state index contributed by atoms with van der Waals surface area (Å²) in [6.07, 6.45) is 1.68. The minimum atomic E-state index is -0.0325. The molecule has 3 rings (SSSR count). The number of rotatable bonds is 6. The van der Waals surface area contributed by atoms with Gasteiger partial charge in [-0.25, -0.2) is 4.98 Å². The number of nitrogens with zero attached hydrogens (tertiary/aromatic N) is 1. The van der Waals surface area contributed by atoms with E-state index < -0.39 is 0 Å². The van der Waals surface area contributed by atoms with E-state index in [-0.39, 0.29) is 11.4 Å². The second-order valence-corrected chi connectivity index (χ2v) is 5.59. The highest BCUT2D eigenvalue weighted by Gasteiger charge is 2.17. The highest BCUT2D eigenvalue weighted by atomic mass is 16.5. The predicted molar refractivity (Wildman–Crippen MR) is 96.9 cm³/mol. The molecule has 3 aromatic rings. The van der Waals surface area contributed by atoms with E-state index in [1.54, 1.807) is 32.4 Å². The van der Waals surface area contributed by atoms with Crippen LogP contribution >= 0.6 is 0 Å². The van der Waals surface area contributed by atoms with E-state index in [1.807, 2.05) is 12.1 Å². The first kappa shape index (κ1) is 17.5. The zero-order chi connectivity index (χ0) is 18.7. The van der Waals surface area contributed by atoms with Crippen LogP contribution < -0.4 is 19.9 Å². The summed E-state index contributed by atoms with van der Waals surface area (Å²) in [6, 6.07) is 8.90. The zero-order valence-electron chi connectivity index (χ0n) is 14.8. The van der Waals surface area contributed by atoms with Crippen LogP contribution in [0.3, 0.4) is 0 Å². The van der Waals surface area contributed by atoms with Gasteiger partial charge in [-0.3, -0.25) is 0 Å². The molecular weight excluding hydrogens is 336 g/mol. The molecule has 0 saturated carbocycles. The smallest absolute Gasteiger partial charge is 0.181 e. The molecular formula is C19H20N2O5. The van der Waals surface area contributed by atoms with Crippen molar-refractivity contribution in [3.05, 3.63) is 48.0 Å². The van der Waals surface area contributed by atoms with Gasteiger partial charge in [-0.2, -0.15) is 0 Å². The molecule has 0 atom stereocenters. The number of aromatic hydroxyl groups is 1. The summed E-state index contributed by atoms with van der Waals surface area (Å²) in [6.45, 7) is 0. The van der Waals surface area contributed by atoms with Crippen molar-refractivity contribution in [2.24, 2.45) is 0 Å². The Morgan fingerprint density at radius 3 is 2.35 bits per heavy atom. The maximum absolute atomic E-state index is 10.3. The zero-order valence-corrected chi connectivity index (χ0v) is 14.8. The summed E-state index contributed by atoms with van der Waals surface area (Å²) in [5.41, 5.74) is 8.11. The Morgan fingerprint density at radius 2 is 1.73 bits per heavy atom. The van der Waals surface area contributed by atoms with Gasteiger partial charge >= 0.3 is 0 Å². The predicted octanol–water partition coefficient (Wildman–Crippen LogP) is 3.25. The summed E-state index contributed by atoms with van der Waals surface area (Å²) in [5.74, 6) is 2.26. The number of oxazole rings is 1. The molecule has 1 aromatic heterocycles. The largest absolute Gasteiger partial charge is 0.505 e. The number of ether oxygens (including phenoxy) is 3. The van der Waals surface area contributed by atoms with E-state index in [4.69, 9.17) is 24.4 Å². The number of nitrogen functional groups attached to an aromatic ring is 1. The fourth-order valence-electron chi connectivity index (χ4n) is 2.70. The third-order valence-electron chi connectivity index (χ3n) is 4.10. The lowest BCUT2D eigenvalue weighted by Crippen LogP contribution is -1.97. The molecule has 0 saturated heterocycles. The van der Waals surface area contributed by atoms with Gasteiger partial charge in [0.15, 0.2) is 6.39 Å². The van der Waals surface area contributed by atoms with Crippen LogP contribution in [0.25, 0.3) is 11.3 Å². The molecule has 0 aliphatic carbocycles. The molecule has 0 radical (unpaired) electrons. The third kappa shape index (κ3) is 3.23. The number of aromatic nitrogens is 1. The van der Waals surface area contributed by atoms with Crippen LogP contribution in [0.1, 0.15) is 11.3 Å². The first-order chi connectivity index (χ1) is 12.6. The average molecular weight is 356 g/mol. The molecule has 0 aliphatic rings. The van der Waals surface area contributed by atoms with E-state index >= 15 is 0 Å². The number of phenolic OH excluding ortho intramolecular Hbond substituents is 1. The lowest BCUT2D eigenvalue weighted by atomic mass is 10.0. The summed E-state index contributed by atoms with van der Waals surface area (Å²) < 4.78 is 21.3. The molecule has 0 spiro atoms. The van der Waals surface area contributed by atoms with E-state index in [1.165, 1.54) is 13.5 Å². The molecule has 0 amide bonds.